The first-order chi connectivity index (χ1) is 13.9. The van der Waals surface area contributed by atoms with Crippen LogP contribution in [0, 0.1) is 11.3 Å². The molecule has 29 heavy (non-hydrogen) atoms. The zero-order chi connectivity index (χ0) is 21.0. The lowest BCUT2D eigenvalue weighted by Crippen LogP contribution is -2.33. The average Bonchev–Trinajstić information content (AvgIpc) is 3.35. The zero-order valence-corrected chi connectivity index (χ0v) is 16.6. The van der Waals surface area contributed by atoms with Gasteiger partial charge in [0, 0.05) is 49.7 Å². The van der Waals surface area contributed by atoms with E-state index in [0.29, 0.717) is 24.8 Å². The van der Waals surface area contributed by atoms with Crippen LogP contribution < -0.4 is 4.90 Å². The molecule has 0 amide bonds. The molecule has 1 aromatic heterocycles. The van der Waals surface area contributed by atoms with E-state index < -0.39 is 11.7 Å². The number of halogens is 3. The number of imidazole rings is 1. The normalized spacial score (nSPS) is 19.3. The summed E-state index contributed by atoms with van der Waals surface area (Å²) in [5.74, 6) is 0.314. The Balaban J connectivity index is 1.80. The van der Waals surface area contributed by atoms with Crippen LogP contribution in [0.25, 0.3) is 0 Å². The van der Waals surface area contributed by atoms with Crippen molar-refractivity contribution >= 4 is 5.69 Å². The number of methoxy groups -OCH3 is 1. The van der Waals surface area contributed by atoms with E-state index in [1.807, 2.05) is 18.0 Å². The molecule has 0 saturated heterocycles. The fourth-order valence-electron chi connectivity index (χ4n) is 4.25. The van der Waals surface area contributed by atoms with Gasteiger partial charge in [-0.1, -0.05) is 0 Å². The highest BCUT2D eigenvalue weighted by molar-refractivity contribution is 5.55. The quantitative estimate of drug-likeness (QED) is 0.675. The molecule has 0 bridgehead atoms. The molecule has 2 unspecified atom stereocenters. The minimum atomic E-state index is -4.55. The Kier molecular flexibility index (Phi) is 6.48. The van der Waals surface area contributed by atoms with Crippen LogP contribution >= 0.6 is 0 Å². The molecule has 0 radical (unpaired) electrons. The van der Waals surface area contributed by atoms with E-state index in [1.54, 1.807) is 25.6 Å². The molecule has 8 heteroatoms. The van der Waals surface area contributed by atoms with E-state index in [2.05, 4.69) is 9.55 Å². The third kappa shape index (κ3) is 4.56. The van der Waals surface area contributed by atoms with Crippen LogP contribution in [0.4, 0.5) is 18.9 Å². The maximum atomic E-state index is 13.4. The van der Waals surface area contributed by atoms with Gasteiger partial charge >= 0.3 is 6.18 Å². The Morgan fingerprint density at radius 2 is 2.14 bits per heavy atom. The fraction of sp³-hybridized carbons (Fsp3) is 0.524. The number of nitrogens with zero attached hydrogens (tertiary/aromatic N) is 4. The first-order valence-corrected chi connectivity index (χ1v) is 9.76. The maximum Gasteiger partial charge on any atom is 0.417 e. The number of benzene rings is 1. The van der Waals surface area contributed by atoms with Crippen LogP contribution in [-0.4, -0.2) is 35.9 Å². The van der Waals surface area contributed by atoms with E-state index in [-0.39, 0.29) is 11.6 Å². The Morgan fingerprint density at radius 1 is 1.34 bits per heavy atom. The van der Waals surface area contributed by atoms with Crippen molar-refractivity contribution in [2.45, 2.75) is 50.9 Å². The van der Waals surface area contributed by atoms with Crippen LogP contribution in [0.15, 0.2) is 30.7 Å². The summed E-state index contributed by atoms with van der Waals surface area (Å²) in [5.41, 5.74) is 0.445. The number of nitriles is 1. The van der Waals surface area contributed by atoms with Crippen LogP contribution in [0.1, 0.15) is 48.9 Å². The zero-order valence-electron chi connectivity index (χ0n) is 16.6. The minimum Gasteiger partial charge on any atom is -0.383 e. The topological polar surface area (TPSA) is 54.1 Å². The lowest BCUT2D eigenvalue weighted by atomic mass is 10.0. The average molecular weight is 406 g/mol. The summed E-state index contributed by atoms with van der Waals surface area (Å²) >= 11 is 0. The van der Waals surface area contributed by atoms with Gasteiger partial charge in [-0.25, -0.2) is 4.98 Å². The van der Waals surface area contributed by atoms with E-state index in [4.69, 9.17) is 10.00 Å². The van der Waals surface area contributed by atoms with Crippen molar-refractivity contribution in [1.82, 2.24) is 9.55 Å². The number of ether oxygens (including phenoxy) is 1. The van der Waals surface area contributed by atoms with Gasteiger partial charge in [0.25, 0.3) is 0 Å². The molecule has 1 aliphatic rings. The molecule has 156 valence electrons. The largest absolute Gasteiger partial charge is 0.417 e. The predicted molar refractivity (Wildman–Crippen MR) is 104 cm³/mol. The van der Waals surface area contributed by atoms with Crippen molar-refractivity contribution in [3.05, 3.63) is 47.5 Å². The van der Waals surface area contributed by atoms with Gasteiger partial charge < -0.3 is 14.2 Å². The molecule has 0 N–H and O–H groups in total. The third-order valence-electron chi connectivity index (χ3n) is 5.65. The molecule has 1 aromatic carbocycles. The van der Waals surface area contributed by atoms with Crippen LogP contribution in [0.2, 0.25) is 0 Å². The van der Waals surface area contributed by atoms with E-state index >= 15 is 0 Å². The highest BCUT2D eigenvalue weighted by atomic mass is 19.4. The maximum absolute atomic E-state index is 13.4. The van der Waals surface area contributed by atoms with Gasteiger partial charge in [-0.2, -0.15) is 18.4 Å². The van der Waals surface area contributed by atoms with Crippen molar-refractivity contribution in [3.63, 3.8) is 0 Å². The number of hydrogen-bond donors (Lipinski definition) is 0. The Labute approximate surface area is 168 Å². The SMILES string of the molecule is CCN(c1ccc(C#N)c(C(F)(F)F)c1)C1CCC(c2cncn2CCOC)C1. The summed E-state index contributed by atoms with van der Waals surface area (Å²) in [7, 11) is 1.66. The predicted octanol–water partition coefficient (Wildman–Crippen LogP) is 4.58. The summed E-state index contributed by atoms with van der Waals surface area (Å²) in [4.78, 5) is 6.28. The van der Waals surface area contributed by atoms with Crippen LogP contribution in [-0.2, 0) is 17.5 Å². The Hall–Kier alpha value is -2.53. The van der Waals surface area contributed by atoms with Gasteiger partial charge in [0.05, 0.1) is 30.1 Å². The molecule has 1 fully saturated rings. The summed E-state index contributed by atoms with van der Waals surface area (Å²) in [6.07, 6.45) is 1.84. The second-order valence-electron chi connectivity index (χ2n) is 7.29. The van der Waals surface area contributed by atoms with Gasteiger partial charge in [0.15, 0.2) is 0 Å². The molecule has 1 saturated carbocycles. The van der Waals surface area contributed by atoms with Crippen molar-refractivity contribution in [2.75, 3.05) is 25.2 Å². The third-order valence-corrected chi connectivity index (χ3v) is 5.65. The minimum absolute atomic E-state index is 0.143. The first kappa shape index (κ1) is 21.2. The summed E-state index contributed by atoms with van der Waals surface area (Å²) in [6, 6.07) is 5.79. The highest BCUT2D eigenvalue weighted by Gasteiger charge is 2.36. The van der Waals surface area contributed by atoms with Crippen LogP contribution in [0.3, 0.4) is 0 Å². The standard InChI is InChI=1S/C21H25F3N4O/c1-3-28(18-7-5-16(12-25)19(11-18)21(22,23)24)17-6-4-15(10-17)20-13-26-14-27(20)8-9-29-2/h5,7,11,13-15,17H,3-4,6,8-10H2,1-2H3. The smallest absolute Gasteiger partial charge is 0.383 e. The Morgan fingerprint density at radius 3 is 2.79 bits per heavy atom. The molecule has 5 nitrogen and oxygen atoms in total. The van der Waals surface area contributed by atoms with E-state index in [1.165, 1.54) is 6.07 Å². The molecule has 2 aromatic rings. The Bertz CT molecular complexity index is 872. The molecule has 0 aliphatic heterocycles. The van der Waals surface area contributed by atoms with Gasteiger partial charge in [0.1, 0.15) is 0 Å². The summed E-state index contributed by atoms with van der Waals surface area (Å²) < 4.78 is 47.3. The second kappa shape index (κ2) is 8.87. The molecular formula is C21H25F3N4O. The van der Waals surface area contributed by atoms with Crippen molar-refractivity contribution in [1.29, 1.82) is 5.26 Å². The van der Waals surface area contributed by atoms with Gasteiger partial charge in [-0.05, 0) is 44.4 Å². The molecular weight excluding hydrogens is 381 g/mol. The molecule has 1 heterocycles. The molecule has 0 spiro atoms. The molecule has 3 rings (SSSR count). The number of alkyl halides is 3. The number of hydrogen-bond acceptors (Lipinski definition) is 4. The van der Waals surface area contributed by atoms with E-state index in [0.717, 1.165) is 37.6 Å². The highest BCUT2D eigenvalue weighted by Crippen LogP contribution is 2.40. The van der Waals surface area contributed by atoms with Gasteiger partial charge in [-0.15, -0.1) is 0 Å². The first-order valence-electron chi connectivity index (χ1n) is 9.76. The van der Waals surface area contributed by atoms with Crippen molar-refractivity contribution < 1.29 is 17.9 Å². The number of rotatable bonds is 7. The number of anilines is 1. The summed E-state index contributed by atoms with van der Waals surface area (Å²) in [5, 5.41) is 9.03. The number of aromatic nitrogens is 2. The molecule has 2 atom stereocenters. The van der Waals surface area contributed by atoms with Crippen LogP contribution in [0.5, 0.6) is 0 Å². The molecule has 1 aliphatic carbocycles. The fourth-order valence-corrected chi connectivity index (χ4v) is 4.25. The van der Waals surface area contributed by atoms with Gasteiger partial charge in [0.2, 0.25) is 0 Å². The monoisotopic (exact) mass is 406 g/mol. The summed E-state index contributed by atoms with van der Waals surface area (Å²) in [6.45, 7) is 3.88. The van der Waals surface area contributed by atoms with E-state index in [9.17, 15) is 13.2 Å². The van der Waals surface area contributed by atoms with Gasteiger partial charge in [-0.3, -0.25) is 0 Å². The lowest BCUT2D eigenvalue weighted by molar-refractivity contribution is -0.137. The lowest BCUT2D eigenvalue weighted by Gasteiger charge is -2.31. The van der Waals surface area contributed by atoms with Crippen molar-refractivity contribution in [3.8, 4) is 6.07 Å². The second-order valence-corrected chi connectivity index (χ2v) is 7.29. The van der Waals surface area contributed by atoms with Crippen molar-refractivity contribution in [2.24, 2.45) is 0 Å².